The first-order chi connectivity index (χ1) is 12.6. The van der Waals surface area contributed by atoms with Gasteiger partial charge in [0, 0.05) is 24.7 Å². The summed E-state index contributed by atoms with van der Waals surface area (Å²) in [6.07, 6.45) is 2.42. The molecule has 3 rings (SSSR count). The van der Waals surface area contributed by atoms with Gasteiger partial charge < -0.3 is 9.84 Å². The summed E-state index contributed by atoms with van der Waals surface area (Å²) in [7, 11) is 0. The smallest absolute Gasteiger partial charge is 0.409 e. The van der Waals surface area contributed by atoms with E-state index in [-0.39, 0.29) is 17.7 Å². The predicted molar refractivity (Wildman–Crippen MR) is 90.4 cm³/mol. The Balaban J connectivity index is 1.94. The third kappa shape index (κ3) is 3.37. The number of hydrogen-bond acceptors (Lipinski definition) is 4. The number of carbonyl (C=O) groups is 1. The third-order valence-corrected chi connectivity index (χ3v) is 4.53. The van der Waals surface area contributed by atoms with Crippen molar-refractivity contribution in [1.82, 2.24) is 9.88 Å². The number of amides is 1. The molecule has 1 unspecified atom stereocenters. The first kappa shape index (κ1) is 17.8. The van der Waals surface area contributed by atoms with E-state index in [1.165, 1.54) is 17.0 Å². The molecule has 134 valence electrons. The molecule has 1 amide bonds. The number of ether oxygens (including phenoxy) is 1. The summed E-state index contributed by atoms with van der Waals surface area (Å²) in [4.78, 5) is 17.4. The Hall–Kier alpha value is -2.98. The highest BCUT2D eigenvalue weighted by molar-refractivity contribution is 5.66. The van der Waals surface area contributed by atoms with Crippen LogP contribution in [0.5, 0.6) is 0 Å². The number of pyridine rings is 1. The van der Waals surface area contributed by atoms with Crippen molar-refractivity contribution in [3.63, 3.8) is 0 Å². The fourth-order valence-electron chi connectivity index (χ4n) is 3.22. The molecule has 1 N–H and O–H groups in total. The number of carboxylic acid groups (broad SMARTS) is 1. The van der Waals surface area contributed by atoms with E-state index in [1.807, 2.05) is 6.07 Å². The van der Waals surface area contributed by atoms with Crippen LogP contribution in [0.25, 0.3) is 0 Å². The minimum atomic E-state index is -1.26. The highest BCUT2D eigenvalue weighted by atomic mass is 19.1. The van der Waals surface area contributed by atoms with Crippen LogP contribution in [0, 0.1) is 17.1 Å². The molecule has 1 aliphatic rings. The van der Waals surface area contributed by atoms with Gasteiger partial charge in [-0.15, -0.1) is 0 Å². The lowest BCUT2D eigenvalue weighted by molar-refractivity contribution is -0.178. The second kappa shape index (κ2) is 7.50. The summed E-state index contributed by atoms with van der Waals surface area (Å²) in [5.74, 6) is -0.557. The lowest BCUT2D eigenvalue weighted by Gasteiger charge is -2.44. The first-order valence-corrected chi connectivity index (χ1v) is 8.31. The lowest BCUT2D eigenvalue weighted by Crippen LogP contribution is -2.54. The van der Waals surface area contributed by atoms with Crippen LogP contribution in [-0.4, -0.2) is 27.6 Å². The van der Waals surface area contributed by atoms with E-state index in [2.05, 4.69) is 4.98 Å². The van der Waals surface area contributed by atoms with Gasteiger partial charge in [-0.25, -0.2) is 9.18 Å². The molecule has 1 aliphatic heterocycles. The van der Waals surface area contributed by atoms with Crippen molar-refractivity contribution in [2.45, 2.75) is 31.6 Å². The van der Waals surface area contributed by atoms with Gasteiger partial charge in [-0.2, -0.15) is 5.26 Å². The van der Waals surface area contributed by atoms with Gasteiger partial charge in [0.05, 0.1) is 23.9 Å². The van der Waals surface area contributed by atoms with Crippen LogP contribution in [0.4, 0.5) is 9.18 Å². The topological polar surface area (TPSA) is 86.5 Å². The molecule has 0 spiro atoms. The fraction of sp³-hybridized carbons (Fsp3) is 0.316. The summed E-state index contributed by atoms with van der Waals surface area (Å²) in [6, 6.07) is 11.2. The van der Waals surface area contributed by atoms with Crippen LogP contribution < -0.4 is 0 Å². The average Bonchev–Trinajstić information content (AvgIpc) is 2.67. The molecular formula is C19H18FN3O3. The van der Waals surface area contributed by atoms with Crippen molar-refractivity contribution in [2.24, 2.45) is 0 Å². The number of aromatic nitrogens is 1. The van der Waals surface area contributed by atoms with E-state index in [0.29, 0.717) is 18.7 Å². The summed E-state index contributed by atoms with van der Waals surface area (Å²) in [5, 5.41) is 18.5. The molecule has 1 aromatic carbocycles. The molecule has 0 aliphatic carbocycles. The summed E-state index contributed by atoms with van der Waals surface area (Å²) in [6.45, 7) is 0.194. The van der Waals surface area contributed by atoms with Gasteiger partial charge >= 0.3 is 6.09 Å². The van der Waals surface area contributed by atoms with Crippen molar-refractivity contribution in [3.8, 4) is 6.07 Å². The zero-order chi connectivity index (χ0) is 18.6. The Morgan fingerprint density at radius 1 is 1.38 bits per heavy atom. The molecule has 0 bridgehead atoms. The van der Waals surface area contributed by atoms with Gasteiger partial charge in [-0.3, -0.25) is 9.88 Å². The van der Waals surface area contributed by atoms with E-state index < -0.39 is 17.6 Å². The van der Waals surface area contributed by atoms with Crippen LogP contribution in [-0.2, 0) is 17.1 Å². The summed E-state index contributed by atoms with van der Waals surface area (Å²) >= 11 is 0. The molecule has 1 aromatic heterocycles. The number of likely N-dealkylation sites (tertiary alicyclic amines) is 1. The Bertz CT molecular complexity index is 838. The maximum absolute atomic E-state index is 14.2. The minimum absolute atomic E-state index is 0.127. The third-order valence-electron chi connectivity index (χ3n) is 4.53. The molecule has 0 saturated carbocycles. The molecule has 2 aromatic rings. The molecule has 1 fully saturated rings. The molecule has 1 saturated heterocycles. The fourth-order valence-corrected chi connectivity index (χ4v) is 3.22. The number of nitrogens with zero attached hydrogens (tertiary/aromatic N) is 3. The van der Waals surface area contributed by atoms with Gasteiger partial charge in [0.1, 0.15) is 5.82 Å². The number of nitriles is 1. The van der Waals surface area contributed by atoms with Gasteiger partial charge in [0.25, 0.3) is 0 Å². The first-order valence-electron chi connectivity index (χ1n) is 8.31. The van der Waals surface area contributed by atoms with Crippen LogP contribution in [0.3, 0.4) is 0 Å². The van der Waals surface area contributed by atoms with Crippen molar-refractivity contribution in [2.75, 3.05) is 6.54 Å². The minimum Gasteiger partial charge on any atom is -0.465 e. The van der Waals surface area contributed by atoms with Crippen LogP contribution in [0.2, 0.25) is 0 Å². The van der Waals surface area contributed by atoms with Crippen molar-refractivity contribution >= 4 is 6.09 Å². The maximum Gasteiger partial charge on any atom is 0.409 e. The van der Waals surface area contributed by atoms with Crippen LogP contribution >= 0.6 is 0 Å². The largest absolute Gasteiger partial charge is 0.465 e. The molecule has 2 heterocycles. The van der Waals surface area contributed by atoms with Gasteiger partial charge in [0.2, 0.25) is 0 Å². The van der Waals surface area contributed by atoms with Crippen molar-refractivity contribution in [3.05, 3.63) is 65.2 Å². The summed E-state index contributed by atoms with van der Waals surface area (Å²) in [5.41, 5.74) is -0.298. The second-order valence-corrected chi connectivity index (χ2v) is 6.10. The Labute approximate surface area is 150 Å². The second-order valence-electron chi connectivity index (χ2n) is 6.10. The Morgan fingerprint density at radius 3 is 2.88 bits per heavy atom. The van der Waals surface area contributed by atoms with Crippen LogP contribution in [0.15, 0.2) is 42.6 Å². The Morgan fingerprint density at radius 2 is 2.23 bits per heavy atom. The van der Waals surface area contributed by atoms with Gasteiger partial charge in [-0.05, 0) is 37.1 Å². The standard InChI is InChI=1S/C19H18FN3O3/c20-16-11-14(12-21)6-7-15(16)13-26-19(17-5-1-3-9-22-17)8-2-4-10-23(19)18(24)25/h1,3,5-7,9,11H,2,4,8,10,13H2,(H,24,25). The summed E-state index contributed by atoms with van der Waals surface area (Å²) < 4.78 is 20.2. The SMILES string of the molecule is N#Cc1ccc(COC2(c3ccccn3)CCCCN2C(=O)O)c(F)c1. The number of rotatable bonds is 4. The van der Waals surface area contributed by atoms with E-state index >= 15 is 0 Å². The number of halogens is 1. The molecule has 7 heteroatoms. The number of piperidine rings is 1. The molecule has 6 nitrogen and oxygen atoms in total. The van der Waals surface area contributed by atoms with Crippen molar-refractivity contribution < 1.29 is 19.0 Å². The zero-order valence-corrected chi connectivity index (χ0v) is 14.1. The number of hydrogen-bond donors (Lipinski definition) is 1. The highest BCUT2D eigenvalue weighted by Crippen LogP contribution is 2.39. The van der Waals surface area contributed by atoms with Gasteiger partial charge in [0.15, 0.2) is 5.72 Å². The molecule has 0 radical (unpaired) electrons. The van der Waals surface area contributed by atoms with Gasteiger partial charge in [-0.1, -0.05) is 12.1 Å². The average molecular weight is 355 g/mol. The highest BCUT2D eigenvalue weighted by Gasteiger charge is 2.45. The quantitative estimate of drug-likeness (QED) is 0.905. The van der Waals surface area contributed by atoms with E-state index in [1.54, 1.807) is 24.4 Å². The molecular weight excluding hydrogens is 337 g/mol. The Kier molecular flexibility index (Phi) is 5.14. The van der Waals surface area contributed by atoms with E-state index in [4.69, 9.17) is 10.00 Å². The molecule has 26 heavy (non-hydrogen) atoms. The van der Waals surface area contributed by atoms with Crippen LogP contribution in [0.1, 0.15) is 36.1 Å². The van der Waals surface area contributed by atoms with E-state index in [0.717, 1.165) is 18.9 Å². The predicted octanol–water partition coefficient (Wildman–Crippen LogP) is 3.63. The van der Waals surface area contributed by atoms with Crippen molar-refractivity contribution in [1.29, 1.82) is 5.26 Å². The molecule has 1 atom stereocenters. The normalized spacial score (nSPS) is 19.8. The zero-order valence-electron chi connectivity index (χ0n) is 14.1. The maximum atomic E-state index is 14.2. The lowest BCUT2D eigenvalue weighted by atomic mass is 9.94. The van der Waals surface area contributed by atoms with E-state index in [9.17, 15) is 14.3 Å². The number of benzene rings is 1. The monoisotopic (exact) mass is 355 g/mol.